The maximum absolute atomic E-state index is 8.90. The summed E-state index contributed by atoms with van der Waals surface area (Å²) >= 11 is 0. The second-order valence-electron chi connectivity index (χ2n) is 4.13. The van der Waals surface area contributed by atoms with Gasteiger partial charge in [-0.3, -0.25) is 0 Å². The molecule has 1 unspecified atom stereocenters. The summed E-state index contributed by atoms with van der Waals surface area (Å²) in [7, 11) is 3.39. The van der Waals surface area contributed by atoms with Gasteiger partial charge in [0.1, 0.15) is 24.0 Å². The molecule has 0 N–H and O–H groups in total. The van der Waals surface area contributed by atoms with E-state index in [1.165, 1.54) is 0 Å². The molecule has 0 bridgehead atoms. The molecule has 0 radical (unpaired) electrons. The number of ether oxygens (including phenoxy) is 2. The lowest BCUT2D eigenvalue weighted by Gasteiger charge is -2.13. The Labute approximate surface area is 111 Å². The van der Waals surface area contributed by atoms with Crippen LogP contribution in [0.5, 0.6) is 5.75 Å². The van der Waals surface area contributed by atoms with Gasteiger partial charge < -0.3 is 14.4 Å². The monoisotopic (exact) mass is 255 g/mol. The van der Waals surface area contributed by atoms with Crippen molar-refractivity contribution in [1.29, 1.82) is 10.5 Å². The third kappa shape index (κ3) is 2.31. The largest absolute Gasteiger partial charge is 0.496 e. The predicted molar refractivity (Wildman–Crippen MR) is 67.7 cm³/mol. The molecular formula is C14H13N3O2. The lowest BCUT2D eigenvalue weighted by Crippen LogP contribution is -2.13. The average molecular weight is 255 g/mol. The van der Waals surface area contributed by atoms with Gasteiger partial charge in [-0.25, -0.2) is 0 Å². The highest BCUT2D eigenvalue weighted by Gasteiger charge is 2.31. The van der Waals surface area contributed by atoms with Gasteiger partial charge in [0.05, 0.1) is 13.7 Å². The first-order chi connectivity index (χ1) is 9.21. The second-order valence-corrected chi connectivity index (χ2v) is 4.13. The number of nitriles is 2. The smallest absolute Gasteiger partial charge is 0.219 e. The Morgan fingerprint density at radius 1 is 1.37 bits per heavy atom. The van der Waals surface area contributed by atoms with E-state index in [2.05, 4.69) is 0 Å². The molecule has 1 aromatic rings. The fourth-order valence-electron chi connectivity index (χ4n) is 2.06. The highest BCUT2D eigenvalue weighted by molar-refractivity contribution is 5.40. The van der Waals surface area contributed by atoms with Crippen molar-refractivity contribution >= 4 is 0 Å². The molecule has 1 fully saturated rings. The van der Waals surface area contributed by atoms with Gasteiger partial charge in [0, 0.05) is 12.6 Å². The maximum atomic E-state index is 8.90. The molecule has 0 aromatic heterocycles. The third-order valence-electron chi connectivity index (χ3n) is 2.96. The second kappa shape index (κ2) is 5.32. The van der Waals surface area contributed by atoms with Crippen molar-refractivity contribution in [3.8, 4) is 17.9 Å². The molecule has 1 heterocycles. The Morgan fingerprint density at radius 2 is 2.05 bits per heavy atom. The van der Waals surface area contributed by atoms with Crippen LogP contribution < -0.4 is 4.74 Å². The van der Waals surface area contributed by atoms with Crippen LogP contribution in [0.25, 0.3) is 0 Å². The predicted octanol–water partition coefficient (Wildman–Crippen LogP) is 1.96. The topological polar surface area (TPSA) is 69.3 Å². The van der Waals surface area contributed by atoms with E-state index in [9.17, 15) is 0 Å². The van der Waals surface area contributed by atoms with Crippen LogP contribution in [0.3, 0.4) is 0 Å². The molecule has 1 aliphatic rings. The van der Waals surface area contributed by atoms with Gasteiger partial charge in [-0.05, 0) is 6.07 Å². The van der Waals surface area contributed by atoms with E-state index in [1.54, 1.807) is 19.1 Å². The van der Waals surface area contributed by atoms with Crippen molar-refractivity contribution in [3.05, 3.63) is 41.3 Å². The van der Waals surface area contributed by atoms with Crippen LogP contribution in [-0.2, 0) is 4.74 Å². The van der Waals surface area contributed by atoms with Crippen molar-refractivity contribution < 1.29 is 9.47 Å². The SMILES string of the molecule is COc1ccccc1C1CN(C)C(=C(C#N)C#N)O1. The number of para-hydroxylation sites is 1. The van der Waals surface area contributed by atoms with Crippen molar-refractivity contribution in [2.75, 3.05) is 20.7 Å². The molecule has 5 heteroatoms. The van der Waals surface area contributed by atoms with Gasteiger partial charge in [-0.15, -0.1) is 0 Å². The minimum Gasteiger partial charge on any atom is -0.496 e. The Morgan fingerprint density at radius 3 is 2.68 bits per heavy atom. The summed E-state index contributed by atoms with van der Waals surface area (Å²) in [5, 5.41) is 17.8. The van der Waals surface area contributed by atoms with E-state index < -0.39 is 0 Å². The van der Waals surface area contributed by atoms with E-state index in [-0.39, 0.29) is 11.7 Å². The van der Waals surface area contributed by atoms with Gasteiger partial charge in [-0.1, -0.05) is 18.2 Å². The molecule has 2 rings (SSSR count). The molecule has 0 amide bonds. The molecule has 1 atom stereocenters. The summed E-state index contributed by atoms with van der Waals surface area (Å²) in [5.41, 5.74) is 0.891. The summed E-state index contributed by atoms with van der Waals surface area (Å²) in [5.74, 6) is 1.05. The Bertz CT molecular complexity index is 579. The van der Waals surface area contributed by atoms with Crippen LogP contribution in [-0.4, -0.2) is 25.6 Å². The molecule has 1 aromatic carbocycles. The number of likely N-dealkylation sites (N-methyl/N-ethyl adjacent to an activating group) is 1. The van der Waals surface area contributed by atoms with Crippen molar-refractivity contribution in [2.24, 2.45) is 0 Å². The summed E-state index contributed by atoms with van der Waals surface area (Å²) in [6.45, 7) is 0.572. The highest BCUT2D eigenvalue weighted by Crippen LogP contribution is 2.35. The number of nitrogens with zero attached hydrogens (tertiary/aromatic N) is 3. The molecule has 5 nitrogen and oxygen atoms in total. The van der Waals surface area contributed by atoms with Crippen LogP contribution in [0.1, 0.15) is 11.7 Å². The van der Waals surface area contributed by atoms with Crippen LogP contribution in [0, 0.1) is 22.7 Å². The number of methoxy groups -OCH3 is 1. The van der Waals surface area contributed by atoms with E-state index >= 15 is 0 Å². The summed E-state index contributed by atoms with van der Waals surface area (Å²) in [6, 6.07) is 11.2. The normalized spacial score (nSPS) is 17.4. The van der Waals surface area contributed by atoms with E-state index in [0.29, 0.717) is 12.4 Å². The molecule has 0 saturated carbocycles. The van der Waals surface area contributed by atoms with Crippen LogP contribution >= 0.6 is 0 Å². The molecule has 1 saturated heterocycles. The zero-order valence-electron chi connectivity index (χ0n) is 10.8. The number of hydrogen-bond acceptors (Lipinski definition) is 5. The molecule has 1 aliphatic heterocycles. The Hall–Kier alpha value is -2.66. The number of benzene rings is 1. The maximum Gasteiger partial charge on any atom is 0.219 e. The Balaban J connectivity index is 2.35. The average Bonchev–Trinajstić information content (AvgIpc) is 2.82. The zero-order valence-corrected chi connectivity index (χ0v) is 10.8. The molecule has 19 heavy (non-hydrogen) atoms. The summed E-state index contributed by atoms with van der Waals surface area (Å²) in [6.07, 6.45) is -0.243. The molecule has 0 aliphatic carbocycles. The number of rotatable bonds is 2. The minimum absolute atomic E-state index is 0.0140. The van der Waals surface area contributed by atoms with Crippen LogP contribution in [0.2, 0.25) is 0 Å². The van der Waals surface area contributed by atoms with E-state index in [4.69, 9.17) is 20.0 Å². The molecule has 96 valence electrons. The van der Waals surface area contributed by atoms with Gasteiger partial charge in [0.2, 0.25) is 5.88 Å². The van der Waals surface area contributed by atoms with Crippen LogP contribution in [0.15, 0.2) is 35.7 Å². The fourth-order valence-corrected chi connectivity index (χ4v) is 2.06. The van der Waals surface area contributed by atoms with Gasteiger partial charge in [0.15, 0.2) is 5.57 Å². The summed E-state index contributed by atoms with van der Waals surface area (Å²) < 4.78 is 11.0. The number of allylic oxidation sites excluding steroid dienone is 1. The minimum atomic E-state index is -0.243. The lowest BCUT2D eigenvalue weighted by molar-refractivity contribution is 0.160. The van der Waals surface area contributed by atoms with Crippen molar-refractivity contribution in [3.63, 3.8) is 0 Å². The van der Waals surface area contributed by atoms with Crippen molar-refractivity contribution in [1.82, 2.24) is 4.90 Å². The first-order valence-electron chi connectivity index (χ1n) is 5.76. The van der Waals surface area contributed by atoms with E-state index in [0.717, 1.165) is 11.3 Å². The van der Waals surface area contributed by atoms with Gasteiger partial charge in [0.25, 0.3) is 0 Å². The zero-order chi connectivity index (χ0) is 13.8. The standard InChI is InChI=1S/C14H13N3O2/c1-17-9-13(19-14(17)10(7-15)8-16)11-5-3-4-6-12(11)18-2/h3-6,13H,9H2,1-2H3. The van der Waals surface area contributed by atoms with Crippen LogP contribution in [0.4, 0.5) is 0 Å². The molecule has 0 spiro atoms. The first-order valence-corrected chi connectivity index (χ1v) is 5.76. The first kappa shape index (κ1) is 12.8. The summed E-state index contributed by atoms with van der Waals surface area (Å²) in [4.78, 5) is 1.76. The lowest BCUT2D eigenvalue weighted by atomic mass is 10.1. The quantitative estimate of drug-likeness (QED) is 0.755. The molecular weight excluding hydrogens is 242 g/mol. The fraction of sp³-hybridized carbons (Fsp3) is 0.286. The highest BCUT2D eigenvalue weighted by atomic mass is 16.5. The van der Waals surface area contributed by atoms with Gasteiger partial charge in [-0.2, -0.15) is 10.5 Å². The van der Waals surface area contributed by atoms with E-state index in [1.807, 2.05) is 36.4 Å². The van der Waals surface area contributed by atoms with Gasteiger partial charge >= 0.3 is 0 Å². The third-order valence-corrected chi connectivity index (χ3v) is 2.96. The number of hydrogen-bond donors (Lipinski definition) is 0. The van der Waals surface area contributed by atoms with Crippen molar-refractivity contribution in [2.45, 2.75) is 6.10 Å². The Kier molecular flexibility index (Phi) is 3.58.